The van der Waals surface area contributed by atoms with Gasteiger partial charge in [0, 0.05) is 30.2 Å². The normalized spacial score (nSPS) is 16.4. The molecule has 0 radical (unpaired) electrons. The van der Waals surface area contributed by atoms with Crippen LogP contribution in [0.5, 0.6) is 0 Å². The predicted molar refractivity (Wildman–Crippen MR) is 173 cm³/mol. The van der Waals surface area contributed by atoms with Crippen molar-refractivity contribution in [3.8, 4) is 0 Å². The summed E-state index contributed by atoms with van der Waals surface area (Å²) in [5, 5.41) is 7.93. The number of Topliss-reactive ketones (excluding diaryl/α,β-unsaturated/α-hetero) is 2. The average Bonchev–Trinajstić information content (AvgIpc) is 3.39. The molecule has 1 aromatic heterocycles. The van der Waals surface area contributed by atoms with Crippen molar-refractivity contribution in [1.29, 1.82) is 5.41 Å². The van der Waals surface area contributed by atoms with E-state index in [0.717, 1.165) is 11.1 Å². The van der Waals surface area contributed by atoms with Gasteiger partial charge in [0.1, 0.15) is 24.0 Å². The van der Waals surface area contributed by atoms with Crippen molar-refractivity contribution in [3.63, 3.8) is 0 Å². The van der Waals surface area contributed by atoms with Gasteiger partial charge in [-0.25, -0.2) is 4.57 Å². The van der Waals surface area contributed by atoms with Gasteiger partial charge in [0.05, 0.1) is 28.1 Å². The van der Waals surface area contributed by atoms with Gasteiger partial charge >= 0.3 is 0 Å². The van der Waals surface area contributed by atoms with E-state index in [4.69, 9.17) is 5.41 Å². The van der Waals surface area contributed by atoms with Crippen molar-refractivity contribution < 1.29 is 23.7 Å². The first kappa shape index (κ1) is 30.1. The van der Waals surface area contributed by atoms with Crippen molar-refractivity contribution in [1.82, 2.24) is 0 Å². The highest BCUT2D eigenvalue weighted by Gasteiger charge is 2.49. The largest absolute Gasteiger partial charge is 0.308 e. The molecule has 2 amide bonds. The Labute approximate surface area is 274 Å². The van der Waals surface area contributed by atoms with E-state index in [1.807, 2.05) is 0 Å². The maximum Gasteiger partial charge on any atom is 0.269 e. The zero-order valence-electron chi connectivity index (χ0n) is 21.9. The molecular formula is C30H19Br4N4O4+. The first-order valence-electron chi connectivity index (χ1n) is 12.3. The number of aryl methyl sites for hydroxylation is 1. The summed E-state index contributed by atoms with van der Waals surface area (Å²) in [6, 6.07) is 9.79. The van der Waals surface area contributed by atoms with E-state index < -0.39 is 23.4 Å². The van der Waals surface area contributed by atoms with Crippen molar-refractivity contribution >= 4 is 105 Å². The van der Waals surface area contributed by atoms with Crippen LogP contribution >= 0.6 is 63.7 Å². The topological polar surface area (TPSA) is 102 Å². The van der Waals surface area contributed by atoms with Crippen molar-refractivity contribution in [2.24, 2.45) is 7.05 Å². The molecule has 0 bridgehead atoms. The van der Waals surface area contributed by atoms with Crippen LogP contribution in [0.25, 0.3) is 0 Å². The monoisotopic (exact) mass is 815 g/mol. The van der Waals surface area contributed by atoms with E-state index in [9.17, 15) is 19.2 Å². The molecule has 2 aromatic carbocycles. The number of nitrogens with zero attached hydrogens (tertiary/aromatic N) is 3. The van der Waals surface area contributed by atoms with Crippen LogP contribution in [0.1, 0.15) is 38.0 Å². The van der Waals surface area contributed by atoms with Gasteiger partial charge in [-0.15, -0.1) is 0 Å². The van der Waals surface area contributed by atoms with Crippen LogP contribution in [0.15, 0.2) is 102 Å². The Morgan fingerprint density at radius 3 is 1.95 bits per heavy atom. The lowest BCUT2D eigenvalue weighted by atomic mass is 10.1. The fraction of sp³-hybridized carbons (Fsp3) is 0.0667. The number of fused-ring (bicyclic) bond motifs is 2. The van der Waals surface area contributed by atoms with E-state index in [2.05, 4.69) is 63.7 Å². The van der Waals surface area contributed by atoms with E-state index in [1.54, 1.807) is 79.5 Å². The van der Waals surface area contributed by atoms with Gasteiger partial charge in [0.2, 0.25) is 11.6 Å². The number of allylic oxidation sites excluding steroid dienone is 5. The van der Waals surface area contributed by atoms with Crippen LogP contribution in [0, 0.1) is 5.41 Å². The predicted octanol–water partition coefficient (Wildman–Crippen LogP) is 7.00. The van der Waals surface area contributed by atoms with Crippen LogP contribution in [0.2, 0.25) is 0 Å². The summed E-state index contributed by atoms with van der Waals surface area (Å²) in [5.74, 6) is -2.53. The molecule has 0 saturated heterocycles. The molecule has 0 saturated carbocycles. The molecule has 0 fully saturated rings. The molecular weight excluding hydrogens is 800 g/mol. The third kappa shape index (κ3) is 5.00. The molecule has 0 aliphatic carbocycles. The van der Waals surface area contributed by atoms with Crippen LogP contribution in [0.4, 0.5) is 11.4 Å². The Morgan fingerprint density at radius 1 is 0.881 bits per heavy atom. The lowest BCUT2D eigenvalue weighted by molar-refractivity contribution is -0.671. The Kier molecular flexibility index (Phi) is 8.44. The molecule has 0 unspecified atom stereocenters. The lowest BCUT2D eigenvalue weighted by Crippen LogP contribution is -2.38. The van der Waals surface area contributed by atoms with Crippen molar-refractivity contribution in [3.05, 3.63) is 119 Å². The molecule has 8 nitrogen and oxygen atoms in total. The molecule has 2 aliphatic rings. The van der Waals surface area contributed by atoms with E-state index >= 15 is 0 Å². The van der Waals surface area contributed by atoms with Gasteiger partial charge in [-0.2, -0.15) is 0 Å². The molecule has 1 N–H and O–H groups in total. The Morgan fingerprint density at radius 2 is 1.43 bits per heavy atom. The quantitative estimate of drug-likeness (QED) is 0.133. The molecule has 12 heteroatoms. The third-order valence-corrected chi connectivity index (χ3v) is 8.68. The Hall–Kier alpha value is -3.32. The summed E-state index contributed by atoms with van der Waals surface area (Å²) in [5.41, 5.74) is 0.411. The van der Waals surface area contributed by atoms with Gasteiger partial charge in [0.15, 0.2) is 12.4 Å². The number of amides is 2. The number of anilines is 2. The van der Waals surface area contributed by atoms with Crippen molar-refractivity contribution in [2.45, 2.75) is 6.92 Å². The second kappa shape index (κ2) is 11.8. The van der Waals surface area contributed by atoms with Gasteiger partial charge < -0.3 is 5.41 Å². The summed E-state index contributed by atoms with van der Waals surface area (Å²) in [6.45, 7) is 1.76. The highest BCUT2D eigenvalue weighted by molar-refractivity contribution is 9.11. The fourth-order valence-electron chi connectivity index (χ4n) is 4.80. The smallest absolute Gasteiger partial charge is 0.269 e. The number of hydrogen-bond acceptors (Lipinski definition) is 5. The molecule has 210 valence electrons. The van der Waals surface area contributed by atoms with Gasteiger partial charge in [-0.3, -0.25) is 29.0 Å². The number of nitrogens with one attached hydrogen (secondary N) is 1. The van der Waals surface area contributed by atoms with Crippen LogP contribution < -0.4 is 14.4 Å². The first-order chi connectivity index (χ1) is 20.0. The lowest BCUT2D eigenvalue weighted by Gasteiger charge is -2.25. The number of pyridine rings is 1. The highest BCUT2D eigenvalue weighted by Crippen LogP contribution is 2.49. The minimum Gasteiger partial charge on any atom is -0.308 e. The van der Waals surface area contributed by atoms with Gasteiger partial charge in [-0.1, -0.05) is 44.0 Å². The number of rotatable bonds is 4. The number of carbonyl (C=O) groups excluding carboxylic acids is 4. The summed E-state index contributed by atoms with van der Waals surface area (Å²) in [6.07, 6.45) is 8.98. The van der Waals surface area contributed by atoms with E-state index in [1.165, 1.54) is 11.0 Å². The maximum absolute atomic E-state index is 14.2. The summed E-state index contributed by atoms with van der Waals surface area (Å²) >= 11 is 13.8. The highest BCUT2D eigenvalue weighted by atomic mass is 79.9. The molecule has 5 rings (SSSR count). The van der Waals surface area contributed by atoms with Crippen LogP contribution in [-0.4, -0.2) is 29.6 Å². The molecule has 3 aromatic rings. The van der Waals surface area contributed by atoms with Crippen LogP contribution in [-0.2, 0) is 11.8 Å². The molecule has 0 spiro atoms. The second-order valence-corrected chi connectivity index (χ2v) is 12.8. The summed E-state index contributed by atoms with van der Waals surface area (Å²) in [7, 11) is 1.76. The number of halogens is 4. The first-order valence-corrected chi connectivity index (χ1v) is 15.5. The zero-order chi connectivity index (χ0) is 30.5. The zero-order valence-corrected chi connectivity index (χ0v) is 28.3. The average molecular weight is 819 g/mol. The molecule has 3 heterocycles. The summed E-state index contributed by atoms with van der Waals surface area (Å²) < 4.78 is 3.67. The number of hydrogen-bond donors (Lipinski definition) is 1. The minimum absolute atomic E-state index is 0.0403. The fourth-order valence-corrected chi connectivity index (χ4v) is 7.61. The van der Waals surface area contributed by atoms with E-state index in [-0.39, 0.29) is 45.0 Å². The van der Waals surface area contributed by atoms with Gasteiger partial charge in [0.25, 0.3) is 11.8 Å². The SMILES string of the molecule is C/C=C\C=C(/C=N)C(=O)N1/C(=C2\C(=O)c3cc(Br)cc(Br)c3N2C(=O)c2ccc[n+](C)c2)C(=O)c2cc(Br)cc(Br)c21. The van der Waals surface area contributed by atoms with E-state index in [0.29, 0.717) is 17.9 Å². The summed E-state index contributed by atoms with van der Waals surface area (Å²) in [4.78, 5) is 59.1. The minimum atomic E-state index is -0.719. The van der Waals surface area contributed by atoms with Crippen LogP contribution in [0.3, 0.4) is 0 Å². The number of benzene rings is 2. The standard InChI is InChI=1S/C30H19Br4N4O4/c1-3-4-6-15(13-35)29(41)37-23-19(9-17(31)11-21(23)33)27(39)25(37)26-28(40)20-10-18(32)12-22(34)24(20)38(26)30(42)16-7-5-8-36(2)14-16/h3-14,35H,1-2H3/q+1/b4-3-,15-6+,26-25+,35-13?. The second-order valence-electron chi connectivity index (χ2n) is 9.25. The molecule has 2 aliphatic heterocycles. The Bertz CT molecular complexity index is 1860. The number of ketones is 2. The maximum atomic E-state index is 14.2. The Balaban J connectivity index is 1.88. The molecule has 42 heavy (non-hydrogen) atoms. The van der Waals surface area contributed by atoms with Crippen molar-refractivity contribution in [2.75, 3.05) is 9.80 Å². The number of carbonyl (C=O) groups is 4. The van der Waals surface area contributed by atoms with Gasteiger partial charge in [-0.05, 0) is 75.2 Å². The third-order valence-electron chi connectivity index (χ3n) is 6.56. The molecule has 0 atom stereocenters. The number of aromatic nitrogens is 1.